The zero-order valence-corrected chi connectivity index (χ0v) is 20.4. The Bertz CT molecular complexity index is 1920. The Labute approximate surface area is 215 Å². The lowest BCUT2D eigenvalue weighted by atomic mass is 10.0. The molecule has 0 amide bonds. The van der Waals surface area contributed by atoms with Gasteiger partial charge >= 0.3 is 5.69 Å². The van der Waals surface area contributed by atoms with Crippen molar-refractivity contribution in [3.05, 3.63) is 117 Å². The Kier molecular flexibility index (Phi) is 5.58. The van der Waals surface area contributed by atoms with Crippen LogP contribution in [0.25, 0.3) is 38.5 Å². The second-order valence-electron chi connectivity index (χ2n) is 8.57. The lowest BCUT2D eigenvalue weighted by Gasteiger charge is -2.14. The van der Waals surface area contributed by atoms with Crippen LogP contribution in [-0.2, 0) is 13.7 Å². The van der Waals surface area contributed by atoms with Crippen molar-refractivity contribution in [1.29, 1.82) is 0 Å². The van der Waals surface area contributed by atoms with Crippen LogP contribution in [0, 0.1) is 0 Å². The predicted octanol–water partition coefficient (Wildman–Crippen LogP) is 4.86. The standard InChI is InChI=1S/C28H20ClN5O3/c1-33-16-30-25(32-33)15-37-24-11-5-9-21(29)26(24)18-12-13-20-22(14-18)31-28(36)34(27(20)35)23-10-4-7-17-6-2-3-8-19(17)23/h2-14,16H,15H2,1H3,(H,31,36). The summed E-state index contributed by atoms with van der Waals surface area (Å²) in [6.45, 7) is 0.161. The van der Waals surface area contributed by atoms with E-state index in [4.69, 9.17) is 16.3 Å². The van der Waals surface area contributed by atoms with Gasteiger partial charge in [-0.25, -0.2) is 14.3 Å². The third-order valence-corrected chi connectivity index (χ3v) is 6.49. The molecule has 6 rings (SSSR count). The van der Waals surface area contributed by atoms with Crippen LogP contribution in [0.1, 0.15) is 5.82 Å². The van der Waals surface area contributed by atoms with Gasteiger partial charge in [0.1, 0.15) is 18.7 Å². The number of benzene rings is 4. The van der Waals surface area contributed by atoms with E-state index in [1.807, 2.05) is 36.4 Å². The van der Waals surface area contributed by atoms with Crippen LogP contribution in [0.15, 0.2) is 94.8 Å². The number of aromatic nitrogens is 5. The van der Waals surface area contributed by atoms with Gasteiger partial charge in [0, 0.05) is 18.0 Å². The van der Waals surface area contributed by atoms with Crippen LogP contribution in [0.2, 0.25) is 5.02 Å². The molecule has 0 fully saturated rings. The van der Waals surface area contributed by atoms with Gasteiger partial charge < -0.3 is 9.72 Å². The molecule has 0 saturated carbocycles. The molecule has 4 aromatic carbocycles. The van der Waals surface area contributed by atoms with Gasteiger partial charge in [0.15, 0.2) is 5.82 Å². The van der Waals surface area contributed by atoms with Crippen LogP contribution in [-0.4, -0.2) is 24.3 Å². The fourth-order valence-corrected chi connectivity index (χ4v) is 4.77. The maximum absolute atomic E-state index is 13.5. The first-order valence-corrected chi connectivity index (χ1v) is 11.9. The first-order valence-electron chi connectivity index (χ1n) is 11.5. The molecule has 37 heavy (non-hydrogen) atoms. The monoisotopic (exact) mass is 509 g/mol. The van der Waals surface area contributed by atoms with Crippen molar-refractivity contribution in [3.8, 4) is 22.6 Å². The summed E-state index contributed by atoms with van der Waals surface area (Å²) in [6.07, 6.45) is 1.60. The summed E-state index contributed by atoms with van der Waals surface area (Å²) in [5.74, 6) is 1.07. The molecule has 0 radical (unpaired) electrons. The van der Waals surface area contributed by atoms with Crippen molar-refractivity contribution in [2.24, 2.45) is 7.05 Å². The molecule has 2 aromatic heterocycles. The fraction of sp³-hybridized carbons (Fsp3) is 0.0714. The fourth-order valence-electron chi connectivity index (χ4n) is 4.49. The molecule has 0 saturated heterocycles. The van der Waals surface area contributed by atoms with Crippen molar-refractivity contribution in [2.75, 3.05) is 0 Å². The third-order valence-electron chi connectivity index (χ3n) is 6.17. The van der Waals surface area contributed by atoms with E-state index >= 15 is 0 Å². The molecule has 8 nitrogen and oxygen atoms in total. The van der Waals surface area contributed by atoms with E-state index < -0.39 is 11.2 Å². The van der Waals surface area contributed by atoms with Crippen molar-refractivity contribution in [2.45, 2.75) is 6.61 Å². The van der Waals surface area contributed by atoms with Crippen LogP contribution >= 0.6 is 11.6 Å². The van der Waals surface area contributed by atoms with Gasteiger partial charge in [0.25, 0.3) is 5.56 Å². The van der Waals surface area contributed by atoms with E-state index in [1.165, 1.54) is 4.57 Å². The molecule has 0 aliphatic rings. The average molecular weight is 510 g/mol. The molecule has 0 spiro atoms. The van der Waals surface area contributed by atoms with Crippen LogP contribution in [0.3, 0.4) is 0 Å². The maximum atomic E-state index is 13.5. The minimum Gasteiger partial charge on any atom is -0.485 e. The van der Waals surface area contributed by atoms with Gasteiger partial charge in [0.2, 0.25) is 0 Å². The predicted molar refractivity (Wildman–Crippen MR) is 143 cm³/mol. The van der Waals surface area contributed by atoms with Gasteiger partial charge in [-0.3, -0.25) is 9.48 Å². The van der Waals surface area contributed by atoms with Crippen molar-refractivity contribution in [1.82, 2.24) is 24.3 Å². The van der Waals surface area contributed by atoms with E-state index in [1.54, 1.807) is 60.5 Å². The van der Waals surface area contributed by atoms with E-state index in [0.717, 1.165) is 10.8 Å². The highest BCUT2D eigenvalue weighted by atomic mass is 35.5. The quantitative estimate of drug-likeness (QED) is 0.358. The van der Waals surface area contributed by atoms with Gasteiger partial charge in [-0.05, 0) is 41.3 Å². The molecule has 0 bridgehead atoms. The van der Waals surface area contributed by atoms with Gasteiger partial charge in [-0.2, -0.15) is 5.10 Å². The Morgan fingerprint density at radius 3 is 2.59 bits per heavy atom. The topological polar surface area (TPSA) is 94.8 Å². The molecule has 6 aromatic rings. The van der Waals surface area contributed by atoms with Gasteiger partial charge in [0.05, 0.1) is 21.6 Å². The molecule has 0 atom stereocenters. The molecular weight excluding hydrogens is 490 g/mol. The summed E-state index contributed by atoms with van der Waals surface area (Å²) in [5, 5.41) is 6.83. The van der Waals surface area contributed by atoms with Gasteiger partial charge in [-0.1, -0.05) is 60.1 Å². The number of ether oxygens (including phenoxy) is 1. The average Bonchev–Trinajstić information content (AvgIpc) is 3.32. The summed E-state index contributed by atoms with van der Waals surface area (Å²) in [5.41, 5.74) is 1.34. The van der Waals surface area contributed by atoms with Crippen LogP contribution in [0.5, 0.6) is 5.75 Å². The Morgan fingerprint density at radius 2 is 1.76 bits per heavy atom. The van der Waals surface area contributed by atoms with E-state index in [0.29, 0.717) is 44.3 Å². The zero-order valence-electron chi connectivity index (χ0n) is 19.7. The van der Waals surface area contributed by atoms with Gasteiger partial charge in [-0.15, -0.1) is 0 Å². The number of nitrogens with zero attached hydrogens (tertiary/aromatic N) is 4. The number of halogens is 1. The largest absolute Gasteiger partial charge is 0.485 e. The molecule has 1 N–H and O–H groups in total. The lowest BCUT2D eigenvalue weighted by molar-refractivity contribution is 0.297. The number of H-pyrrole nitrogens is 1. The van der Waals surface area contributed by atoms with Crippen molar-refractivity contribution in [3.63, 3.8) is 0 Å². The molecule has 2 heterocycles. The first kappa shape index (κ1) is 22.8. The summed E-state index contributed by atoms with van der Waals surface area (Å²) in [6, 6.07) is 23.7. The maximum Gasteiger partial charge on any atom is 0.333 e. The smallest absolute Gasteiger partial charge is 0.333 e. The Morgan fingerprint density at radius 1 is 0.946 bits per heavy atom. The molecule has 182 valence electrons. The molecule has 0 aliphatic heterocycles. The summed E-state index contributed by atoms with van der Waals surface area (Å²) >= 11 is 6.57. The number of aromatic amines is 1. The van der Waals surface area contributed by atoms with E-state index in [2.05, 4.69) is 15.1 Å². The number of hydrogen-bond donors (Lipinski definition) is 1. The minimum atomic E-state index is -0.525. The highest BCUT2D eigenvalue weighted by molar-refractivity contribution is 6.33. The second kappa shape index (κ2) is 9.07. The number of hydrogen-bond acceptors (Lipinski definition) is 5. The second-order valence-corrected chi connectivity index (χ2v) is 8.97. The summed E-state index contributed by atoms with van der Waals surface area (Å²) < 4.78 is 8.76. The Hall–Kier alpha value is -4.69. The van der Waals surface area contributed by atoms with E-state index in [-0.39, 0.29) is 6.61 Å². The first-order chi connectivity index (χ1) is 18.0. The number of nitrogens with one attached hydrogen (secondary N) is 1. The zero-order chi connectivity index (χ0) is 25.5. The summed E-state index contributed by atoms with van der Waals surface area (Å²) in [7, 11) is 1.78. The number of rotatable bonds is 5. The van der Waals surface area contributed by atoms with Crippen LogP contribution in [0.4, 0.5) is 0 Å². The van der Waals surface area contributed by atoms with E-state index in [9.17, 15) is 9.59 Å². The molecule has 9 heteroatoms. The number of fused-ring (bicyclic) bond motifs is 2. The molecule has 0 aliphatic carbocycles. The van der Waals surface area contributed by atoms with Crippen molar-refractivity contribution < 1.29 is 4.74 Å². The third kappa shape index (κ3) is 4.07. The highest BCUT2D eigenvalue weighted by Gasteiger charge is 2.16. The number of aryl methyl sites for hydroxylation is 1. The molecule has 0 unspecified atom stereocenters. The summed E-state index contributed by atoms with van der Waals surface area (Å²) in [4.78, 5) is 33.8. The Balaban J connectivity index is 1.46. The minimum absolute atomic E-state index is 0.161. The SMILES string of the molecule is Cn1cnc(COc2cccc(Cl)c2-c2ccc3c(=O)n(-c4cccc5ccccc45)c(=O)[nH]c3c2)n1. The van der Waals surface area contributed by atoms with Crippen molar-refractivity contribution >= 4 is 33.3 Å². The normalized spacial score (nSPS) is 11.3. The van der Waals surface area contributed by atoms with Crippen LogP contribution < -0.4 is 16.0 Å². The molecular formula is C28H20ClN5O3. The highest BCUT2D eigenvalue weighted by Crippen LogP contribution is 2.37. The lowest BCUT2D eigenvalue weighted by Crippen LogP contribution is -2.33.